The van der Waals surface area contributed by atoms with Crippen molar-refractivity contribution in [1.29, 1.82) is 0 Å². The van der Waals surface area contributed by atoms with E-state index in [0.717, 1.165) is 26.4 Å². The first-order chi connectivity index (χ1) is 19.3. The van der Waals surface area contributed by atoms with E-state index < -0.39 is 5.97 Å². The molecule has 41 heavy (non-hydrogen) atoms. The van der Waals surface area contributed by atoms with Crippen LogP contribution in [0.2, 0.25) is 0 Å². The Kier molecular flexibility index (Phi) is 10.2. The molecule has 0 saturated carbocycles. The molecule has 1 N–H and O–H groups in total. The molecule has 1 unspecified atom stereocenters. The minimum Gasteiger partial charge on any atom is -0.477 e. The molecule has 0 aliphatic rings. The zero-order valence-electron chi connectivity index (χ0n) is 22.4. The average Bonchev–Trinajstić information content (AvgIpc) is 3.55. The summed E-state index contributed by atoms with van der Waals surface area (Å²) in [6, 6.07) is 28.9. The predicted octanol–water partition coefficient (Wildman–Crippen LogP) is 9.39. The summed E-state index contributed by atoms with van der Waals surface area (Å²) in [5.41, 5.74) is 3.43. The smallest absolute Gasteiger partial charge is 0.354 e. The fourth-order valence-electron chi connectivity index (χ4n) is 4.42. The molecule has 7 aromatic rings. The summed E-state index contributed by atoms with van der Waals surface area (Å²) in [5.74, 6) is -0.990. The van der Waals surface area contributed by atoms with Crippen LogP contribution in [0.4, 0.5) is 0 Å². The van der Waals surface area contributed by atoms with Crippen molar-refractivity contribution >= 4 is 82.2 Å². The van der Waals surface area contributed by atoms with Crippen molar-refractivity contribution in [3.63, 3.8) is 0 Å². The predicted molar refractivity (Wildman–Crippen MR) is 168 cm³/mol. The summed E-state index contributed by atoms with van der Waals surface area (Å²) >= 11 is 9.73. The minimum absolute atomic E-state index is 0. The normalized spacial score (nSPS) is 11.3. The number of aryl methyl sites for hydroxylation is 2. The van der Waals surface area contributed by atoms with Gasteiger partial charge in [-0.15, -0.1) is 69.3 Å². The Hall–Kier alpha value is -3.26. The zero-order chi connectivity index (χ0) is 28.2. The molecule has 5 nitrogen and oxygen atoms in total. The Labute approximate surface area is 264 Å². The number of carbonyl (C=O) groups is 1. The van der Waals surface area contributed by atoms with Crippen LogP contribution in [-0.4, -0.2) is 26.0 Å². The second kappa shape index (κ2) is 13.6. The van der Waals surface area contributed by atoms with Gasteiger partial charge >= 0.3 is 5.97 Å². The van der Waals surface area contributed by atoms with E-state index in [2.05, 4.69) is 69.5 Å². The maximum atomic E-state index is 10.1. The van der Waals surface area contributed by atoms with Gasteiger partial charge in [0.2, 0.25) is 0 Å². The fraction of sp³-hybridized carbons (Fsp3) is 0.125. The first-order valence-corrected chi connectivity index (χ1v) is 14.6. The summed E-state index contributed by atoms with van der Waals surface area (Å²) < 4.78 is 2.48. The molecule has 3 aromatic heterocycles. The summed E-state index contributed by atoms with van der Waals surface area (Å²) in [5, 5.41) is 15.3. The van der Waals surface area contributed by atoms with Crippen LogP contribution in [0.25, 0.3) is 42.0 Å². The number of aromatic nitrogens is 3. The van der Waals surface area contributed by atoms with Crippen LogP contribution >= 0.6 is 34.3 Å². The van der Waals surface area contributed by atoms with Crippen LogP contribution in [0.3, 0.4) is 0 Å². The van der Waals surface area contributed by atoms with Crippen molar-refractivity contribution < 1.29 is 30.0 Å². The van der Waals surface area contributed by atoms with Gasteiger partial charge in [-0.05, 0) is 49.9 Å². The first-order valence-electron chi connectivity index (χ1n) is 12.6. The van der Waals surface area contributed by atoms with Gasteiger partial charge in [0.25, 0.3) is 0 Å². The Morgan fingerprint density at radius 3 is 2.15 bits per heavy atom. The van der Waals surface area contributed by atoms with Gasteiger partial charge in [-0.3, -0.25) is 4.98 Å². The van der Waals surface area contributed by atoms with Crippen molar-refractivity contribution in [1.82, 2.24) is 15.0 Å². The molecule has 0 fully saturated rings. The number of aromatic carboxylic acids is 1. The number of thiazole rings is 2. The molecule has 1 radical (unpaired) electrons. The van der Waals surface area contributed by atoms with Gasteiger partial charge in [0.15, 0.2) is 0 Å². The minimum atomic E-state index is -0.990. The van der Waals surface area contributed by atoms with Gasteiger partial charge in [0.05, 0.1) is 25.6 Å². The van der Waals surface area contributed by atoms with Crippen molar-refractivity contribution in [2.24, 2.45) is 0 Å². The fourth-order valence-corrected chi connectivity index (χ4v) is 6.27. The molecule has 0 bridgehead atoms. The number of hydrogen-bond acceptors (Lipinski definition) is 6. The Bertz CT molecular complexity index is 1960. The van der Waals surface area contributed by atoms with E-state index in [0.29, 0.717) is 0 Å². The number of carboxylic acid groups (broad SMARTS) is 1. The Balaban J connectivity index is 0.000000147. The van der Waals surface area contributed by atoms with Crippen LogP contribution in [0.5, 0.6) is 0 Å². The van der Waals surface area contributed by atoms with Crippen LogP contribution in [-0.2, 0) is 20.1 Å². The van der Waals surface area contributed by atoms with E-state index in [4.69, 9.17) is 16.7 Å². The first kappa shape index (κ1) is 30.7. The second-order valence-electron chi connectivity index (χ2n) is 9.01. The third kappa shape index (κ3) is 6.97. The SMILES string of the molecule is Cc1nc2c(ccc3ccc[c-]c32)s1.Cc1nc2c(ccc3cccc(C(C)Cl)c32)s1.O=C(O)c1ccccn1.[Ir]. The summed E-state index contributed by atoms with van der Waals surface area (Å²) in [7, 11) is 0. The molecule has 9 heteroatoms. The third-order valence-electron chi connectivity index (χ3n) is 6.15. The molecular weight excluding hydrogens is 750 g/mol. The molecule has 0 spiro atoms. The third-order valence-corrected chi connectivity index (χ3v) is 8.26. The van der Waals surface area contributed by atoms with E-state index >= 15 is 0 Å². The number of carboxylic acids is 1. The monoisotopic (exact) mass is 775 g/mol. The maximum Gasteiger partial charge on any atom is 0.354 e. The van der Waals surface area contributed by atoms with Gasteiger partial charge in [-0.2, -0.15) is 0 Å². The number of nitrogens with zero attached hydrogens (tertiary/aromatic N) is 3. The van der Waals surface area contributed by atoms with E-state index in [-0.39, 0.29) is 31.2 Å². The number of rotatable bonds is 2. The number of halogens is 1. The zero-order valence-corrected chi connectivity index (χ0v) is 27.2. The number of fused-ring (bicyclic) bond motifs is 6. The van der Waals surface area contributed by atoms with Gasteiger partial charge in [0.1, 0.15) is 5.69 Å². The van der Waals surface area contributed by atoms with Crippen molar-refractivity contribution in [2.75, 3.05) is 0 Å². The van der Waals surface area contributed by atoms with Gasteiger partial charge in [-0.25, -0.2) is 14.8 Å². The largest absolute Gasteiger partial charge is 0.477 e. The van der Waals surface area contributed by atoms with Crippen LogP contribution in [0.1, 0.15) is 38.4 Å². The quantitative estimate of drug-likeness (QED) is 0.140. The van der Waals surface area contributed by atoms with Crippen molar-refractivity contribution in [3.05, 3.63) is 112 Å². The summed E-state index contributed by atoms with van der Waals surface area (Å²) in [6.07, 6.45) is 1.45. The maximum absolute atomic E-state index is 10.1. The molecule has 3 heterocycles. The topological polar surface area (TPSA) is 76.0 Å². The molecule has 1 atom stereocenters. The molecule has 0 saturated heterocycles. The molecule has 7 rings (SSSR count). The van der Waals surface area contributed by atoms with Gasteiger partial charge in [-0.1, -0.05) is 42.5 Å². The molecule has 209 valence electrons. The average molecular weight is 775 g/mol. The van der Waals surface area contributed by atoms with Crippen molar-refractivity contribution in [3.8, 4) is 0 Å². The second-order valence-corrected chi connectivity index (χ2v) is 12.1. The standard InChI is InChI=1S/C14H12ClNS.C12H8NS.C6H5NO2.Ir/c1-8(15)11-5-3-4-10-6-7-12-14(13(10)11)16-9(2)17-12;1-8-13-12-10-5-3-2-4-9(10)6-7-11(12)14-8;8-6(9)5-3-1-2-4-7-5;/h3-8H,1-2H3;2-4,6-7H,1H3;1-4H,(H,8,9);/q;-1;;. The van der Waals surface area contributed by atoms with E-state index in [1.807, 2.05) is 32.9 Å². The number of pyridine rings is 1. The van der Waals surface area contributed by atoms with Crippen LogP contribution in [0, 0.1) is 19.9 Å². The number of benzene rings is 4. The van der Waals surface area contributed by atoms with E-state index in [1.165, 1.54) is 43.4 Å². The molecule has 0 aliphatic heterocycles. The molecule has 4 aromatic carbocycles. The molecule has 0 amide bonds. The van der Waals surface area contributed by atoms with Gasteiger partial charge in [0, 0.05) is 41.9 Å². The summed E-state index contributed by atoms with van der Waals surface area (Å²) in [4.78, 5) is 22.9. The van der Waals surface area contributed by atoms with E-state index in [1.54, 1.807) is 34.8 Å². The number of alkyl halides is 1. The molecular formula is C32H25ClIrN3O2S2-. The Morgan fingerprint density at radius 2 is 1.51 bits per heavy atom. The number of hydrogen-bond donors (Lipinski definition) is 1. The van der Waals surface area contributed by atoms with E-state index in [9.17, 15) is 4.79 Å². The molecule has 0 aliphatic carbocycles. The van der Waals surface area contributed by atoms with Crippen molar-refractivity contribution in [2.45, 2.75) is 26.1 Å². The van der Waals surface area contributed by atoms with Crippen LogP contribution < -0.4 is 0 Å². The summed E-state index contributed by atoms with van der Waals surface area (Å²) in [6.45, 7) is 6.09. The van der Waals surface area contributed by atoms with Gasteiger partial charge < -0.3 is 5.11 Å². The Morgan fingerprint density at radius 1 is 0.854 bits per heavy atom. The van der Waals surface area contributed by atoms with Crippen LogP contribution in [0.15, 0.2) is 85.1 Å².